The number of nitrogens with one attached hydrogen (secondary N) is 2. The Bertz CT molecular complexity index is 432. The summed E-state index contributed by atoms with van der Waals surface area (Å²) in [6, 6.07) is 0. The molecule has 2 rings (SSSR count). The largest absolute Gasteiger partial charge is 0.258 e. The lowest BCUT2D eigenvalue weighted by molar-refractivity contribution is 1.04. The van der Waals surface area contributed by atoms with E-state index in [9.17, 15) is 0 Å². The van der Waals surface area contributed by atoms with Crippen LogP contribution in [0.1, 0.15) is 5.01 Å². The fraction of sp³-hybridized carbons (Fsp3) is 0.200. The summed E-state index contributed by atoms with van der Waals surface area (Å²) in [4.78, 5) is 0. The molecule has 4 nitrogen and oxygen atoms in total. The molecule has 2 aromatic heterocycles. The summed E-state index contributed by atoms with van der Waals surface area (Å²) in [5, 5.41) is 13.6. The Balaban J connectivity index is 0.000000132. The van der Waals surface area contributed by atoms with Gasteiger partial charge in [-0.25, -0.2) is 0 Å². The second-order valence-corrected chi connectivity index (χ2v) is 5.28. The van der Waals surface area contributed by atoms with Crippen LogP contribution in [0.2, 0.25) is 0 Å². The van der Waals surface area contributed by atoms with Crippen molar-refractivity contribution in [3.63, 3.8) is 0 Å². The SMILES string of the molecule is Cc1n[nH]c(=S)s1.S=c1[nH]ncs1. The van der Waals surface area contributed by atoms with E-state index >= 15 is 0 Å². The van der Waals surface area contributed by atoms with Gasteiger partial charge in [-0.05, 0) is 31.4 Å². The minimum atomic E-state index is 0.731. The summed E-state index contributed by atoms with van der Waals surface area (Å²) in [7, 11) is 0. The molecular weight excluding hydrogens is 244 g/mol. The van der Waals surface area contributed by atoms with Crippen LogP contribution in [0.5, 0.6) is 0 Å². The van der Waals surface area contributed by atoms with E-state index in [1.165, 1.54) is 22.7 Å². The third-order valence-corrected chi connectivity index (χ3v) is 2.81. The first kappa shape index (κ1) is 10.6. The zero-order valence-electron chi connectivity index (χ0n) is 6.60. The molecule has 0 fully saturated rings. The monoisotopic (exact) mass is 250 g/mol. The predicted molar refractivity (Wildman–Crippen MR) is 59.3 cm³/mol. The van der Waals surface area contributed by atoms with E-state index in [0.29, 0.717) is 0 Å². The maximum absolute atomic E-state index is 4.73. The molecule has 8 heteroatoms. The molecule has 0 unspecified atom stereocenters. The Morgan fingerprint density at radius 3 is 2.23 bits per heavy atom. The summed E-state index contributed by atoms with van der Waals surface area (Å²) >= 11 is 12.3. The van der Waals surface area contributed by atoms with Gasteiger partial charge in [-0.3, -0.25) is 10.2 Å². The molecule has 0 amide bonds. The number of aryl methyl sites for hydroxylation is 1. The van der Waals surface area contributed by atoms with Gasteiger partial charge in [-0.15, -0.1) is 0 Å². The number of hydrogen-bond donors (Lipinski definition) is 2. The van der Waals surface area contributed by atoms with E-state index in [4.69, 9.17) is 12.2 Å². The Hall–Kier alpha value is -0.440. The third-order valence-electron chi connectivity index (χ3n) is 0.913. The first-order valence-electron chi connectivity index (χ1n) is 3.19. The lowest BCUT2D eigenvalue weighted by Gasteiger charge is -1.63. The van der Waals surface area contributed by atoms with Gasteiger partial charge in [0, 0.05) is 0 Å². The summed E-state index contributed by atoms with van der Waals surface area (Å²) in [6.07, 6.45) is 0. The van der Waals surface area contributed by atoms with Crippen LogP contribution < -0.4 is 0 Å². The number of rotatable bonds is 0. The molecular formula is C5H6N4S4. The highest BCUT2D eigenvalue weighted by atomic mass is 32.2. The van der Waals surface area contributed by atoms with Gasteiger partial charge >= 0.3 is 0 Å². The van der Waals surface area contributed by atoms with E-state index in [-0.39, 0.29) is 0 Å². The van der Waals surface area contributed by atoms with Crippen molar-refractivity contribution < 1.29 is 0 Å². The Labute approximate surface area is 92.7 Å². The summed E-state index contributed by atoms with van der Waals surface area (Å²) in [5.41, 5.74) is 1.67. The van der Waals surface area contributed by atoms with Gasteiger partial charge in [-0.1, -0.05) is 22.7 Å². The summed E-state index contributed by atoms with van der Waals surface area (Å²) < 4.78 is 1.48. The van der Waals surface area contributed by atoms with Crippen molar-refractivity contribution >= 4 is 47.1 Å². The van der Waals surface area contributed by atoms with Crippen LogP contribution in [-0.4, -0.2) is 20.4 Å². The number of nitrogens with zero attached hydrogens (tertiary/aromatic N) is 2. The Kier molecular flexibility index (Phi) is 4.36. The van der Waals surface area contributed by atoms with Crippen molar-refractivity contribution in [2.45, 2.75) is 6.92 Å². The van der Waals surface area contributed by atoms with Crippen molar-refractivity contribution in [1.29, 1.82) is 0 Å². The van der Waals surface area contributed by atoms with Gasteiger partial charge in [0.05, 0.1) is 0 Å². The zero-order chi connectivity index (χ0) is 9.68. The third kappa shape index (κ3) is 4.36. The lowest BCUT2D eigenvalue weighted by atomic mass is 10.9. The zero-order valence-corrected chi connectivity index (χ0v) is 9.87. The number of aromatic nitrogens is 4. The van der Waals surface area contributed by atoms with Gasteiger partial charge in [0.2, 0.25) is 0 Å². The van der Waals surface area contributed by atoms with Gasteiger partial charge in [0.1, 0.15) is 10.5 Å². The highest BCUT2D eigenvalue weighted by Gasteiger charge is 1.82. The van der Waals surface area contributed by atoms with Crippen molar-refractivity contribution in [1.82, 2.24) is 20.4 Å². The van der Waals surface area contributed by atoms with E-state index in [2.05, 4.69) is 32.6 Å². The highest BCUT2D eigenvalue weighted by Crippen LogP contribution is 1.99. The van der Waals surface area contributed by atoms with Crippen LogP contribution >= 0.6 is 47.1 Å². The van der Waals surface area contributed by atoms with Crippen LogP contribution in [0, 0.1) is 14.8 Å². The average Bonchev–Trinajstić information content (AvgIpc) is 2.64. The van der Waals surface area contributed by atoms with Gasteiger partial charge in [0.15, 0.2) is 7.91 Å². The molecule has 0 radical (unpaired) electrons. The fourth-order valence-corrected chi connectivity index (χ4v) is 1.83. The molecule has 2 N–H and O–H groups in total. The first-order chi connectivity index (χ1) is 6.18. The van der Waals surface area contributed by atoms with Gasteiger partial charge in [-0.2, -0.15) is 10.2 Å². The second kappa shape index (κ2) is 5.32. The molecule has 0 aromatic carbocycles. The number of H-pyrrole nitrogens is 2. The molecule has 0 bridgehead atoms. The minimum absolute atomic E-state index is 0.731. The van der Waals surface area contributed by atoms with Crippen molar-refractivity contribution in [3.8, 4) is 0 Å². The molecule has 0 aliphatic heterocycles. The van der Waals surface area contributed by atoms with Crippen molar-refractivity contribution in [2.24, 2.45) is 0 Å². The number of aromatic amines is 2. The molecule has 0 aliphatic carbocycles. The first-order valence-corrected chi connectivity index (χ1v) is 5.70. The molecule has 13 heavy (non-hydrogen) atoms. The molecule has 0 saturated heterocycles. The van der Waals surface area contributed by atoms with Crippen LogP contribution in [0.25, 0.3) is 0 Å². The molecule has 0 aliphatic rings. The van der Waals surface area contributed by atoms with Gasteiger partial charge < -0.3 is 0 Å². The van der Waals surface area contributed by atoms with Crippen LogP contribution in [0.4, 0.5) is 0 Å². The average molecular weight is 250 g/mol. The van der Waals surface area contributed by atoms with Crippen LogP contribution in [0.3, 0.4) is 0 Å². The van der Waals surface area contributed by atoms with E-state index in [0.717, 1.165) is 12.9 Å². The summed E-state index contributed by atoms with van der Waals surface area (Å²) in [6.45, 7) is 1.91. The van der Waals surface area contributed by atoms with Crippen molar-refractivity contribution in [2.75, 3.05) is 0 Å². The maximum atomic E-state index is 4.73. The van der Waals surface area contributed by atoms with E-state index in [1.807, 2.05) is 6.92 Å². The van der Waals surface area contributed by atoms with Crippen LogP contribution in [-0.2, 0) is 0 Å². The molecule has 70 valence electrons. The molecule has 0 spiro atoms. The predicted octanol–water partition coefficient (Wildman–Crippen LogP) is 2.71. The Morgan fingerprint density at radius 2 is 2.08 bits per heavy atom. The molecule has 2 aromatic rings. The quantitative estimate of drug-likeness (QED) is 0.706. The fourth-order valence-electron chi connectivity index (χ4n) is 0.484. The van der Waals surface area contributed by atoms with Gasteiger partial charge in [0.25, 0.3) is 0 Å². The molecule has 0 atom stereocenters. The lowest BCUT2D eigenvalue weighted by Crippen LogP contribution is -1.65. The van der Waals surface area contributed by atoms with Crippen LogP contribution in [0.15, 0.2) is 5.51 Å². The normalized spacial score (nSPS) is 9.00. The number of hydrogen-bond acceptors (Lipinski definition) is 6. The van der Waals surface area contributed by atoms with E-state index < -0.39 is 0 Å². The topological polar surface area (TPSA) is 57.4 Å². The van der Waals surface area contributed by atoms with Crippen molar-refractivity contribution in [3.05, 3.63) is 18.4 Å². The standard InChI is InChI=1S/C3H4N2S2.C2H2N2S2/c1-2-4-5-3(6)7-2;5-2-4-3-1-6-2/h1H3,(H,5,6);1H,(H,4,5). The molecule has 2 heterocycles. The minimum Gasteiger partial charge on any atom is -0.258 e. The van der Waals surface area contributed by atoms with E-state index in [1.54, 1.807) is 5.51 Å². The molecule has 0 saturated carbocycles. The second-order valence-electron chi connectivity index (χ2n) is 1.88. The smallest absolute Gasteiger partial charge is 0.176 e. The Morgan fingerprint density at radius 1 is 1.31 bits per heavy atom. The highest BCUT2D eigenvalue weighted by molar-refractivity contribution is 7.73. The summed E-state index contributed by atoms with van der Waals surface area (Å²) in [5.74, 6) is 0. The maximum Gasteiger partial charge on any atom is 0.176 e.